The highest BCUT2D eigenvalue weighted by Gasteiger charge is 2.23. The molecule has 0 heterocycles. The van der Waals surface area contributed by atoms with Crippen molar-refractivity contribution in [2.75, 3.05) is 6.61 Å². The van der Waals surface area contributed by atoms with E-state index >= 15 is 0 Å². The number of nitrogens with one attached hydrogen (secondary N) is 1. The van der Waals surface area contributed by atoms with Gasteiger partial charge in [-0.05, 0) is 38.5 Å². The lowest BCUT2D eigenvalue weighted by Crippen LogP contribution is -2.46. The van der Waals surface area contributed by atoms with Gasteiger partial charge < -0.3 is 20.3 Å². The topological polar surface area (TPSA) is 95.9 Å². The van der Waals surface area contributed by atoms with Crippen LogP contribution in [0.2, 0.25) is 0 Å². The number of aliphatic hydroxyl groups is 2. The highest BCUT2D eigenvalue weighted by atomic mass is 16.5. The van der Waals surface area contributed by atoms with Gasteiger partial charge in [-0.3, -0.25) is 9.59 Å². The number of hydrogen-bond donors (Lipinski definition) is 3. The van der Waals surface area contributed by atoms with Crippen LogP contribution in [0.3, 0.4) is 0 Å². The summed E-state index contributed by atoms with van der Waals surface area (Å²) in [7, 11) is 0. The van der Waals surface area contributed by atoms with Crippen molar-refractivity contribution >= 4 is 11.9 Å². The number of esters is 1. The smallest absolute Gasteiger partial charge is 0.306 e. The number of allylic oxidation sites excluding steroid dienone is 15. The molecule has 3 N–H and O–H groups in total. The lowest BCUT2D eigenvalue weighted by Gasteiger charge is -2.24. The maximum absolute atomic E-state index is 13.1. The molecule has 0 aliphatic heterocycles. The van der Waals surface area contributed by atoms with Crippen LogP contribution in [-0.4, -0.2) is 46.9 Å². The van der Waals surface area contributed by atoms with Gasteiger partial charge in [0.05, 0.1) is 25.2 Å². The molecule has 0 rings (SSSR count). The second kappa shape index (κ2) is 41.9. The average Bonchev–Trinajstić information content (AvgIpc) is 3.18. The first-order valence-corrected chi connectivity index (χ1v) is 22.1. The molecule has 3 unspecified atom stereocenters. The minimum atomic E-state index is -0.822. The van der Waals surface area contributed by atoms with Crippen LogP contribution in [0.5, 0.6) is 0 Å². The molecule has 0 aromatic heterocycles. The Morgan fingerprint density at radius 3 is 1.55 bits per heavy atom. The molecule has 0 spiro atoms. The lowest BCUT2D eigenvalue weighted by atomic mass is 10.0. The Kier molecular flexibility index (Phi) is 39.5. The molecule has 0 aliphatic carbocycles. The van der Waals surface area contributed by atoms with Gasteiger partial charge in [-0.2, -0.15) is 0 Å². The number of amides is 1. The molecule has 6 nitrogen and oxygen atoms in total. The van der Waals surface area contributed by atoms with Crippen molar-refractivity contribution < 1.29 is 24.5 Å². The molecule has 55 heavy (non-hydrogen) atoms. The maximum atomic E-state index is 13.1. The van der Waals surface area contributed by atoms with E-state index in [1.54, 1.807) is 0 Å². The van der Waals surface area contributed by atoms with Gasteiger partial charge in [0, 0.05) is 12.8 Å². The highest BCUT2D eigenvalue weighted by molar-refractivity contribution is 5.77. The van der Waals surface area contributed by atoms with E-state index in [2.05, 4.69) is 68.6 Å². The van der Waals surface area contributed by atoms with Gasteiger partial charge in [0.2, 0.25) is 5.91 Å². The maximum Gasteiger partial charge on any atom is 0.306 e. The summed E-state index contributed by atoms with van der Waals surface area (Å²) in [4.78, 5) is 25.9. The van der Waals surface area contributed by atoms with Gasteiger partial charge in [0.1, 0.15) is 6.10 Å². The fraction of sp³-hybridized carbons (Fsp3) is 0.633. The van der Waals surface area contributed by atoms with E-state index in [9.17, 15) is 19.8 Å². The fourth-order valence-electron chi connectivity index (χ4n) is 6.04. The summed E-state index contributed by atoms with van der Waals surface area (Å²) in [6.07, 6.45) is 54.9. The van der Waals surface area contributed by atoms with Crippen LogP contribution in [0.1, 0.15) is 175 Å². The normalized spacial score (nSPS) is 14.3. The Hall–Kier alpha value is -3.22. The summed E-state index contributed by atoms with van der Waals surface area (Å²) in [5.74, 6) is -0.634. The standard InChI is InChI=1S/C49H81NO5/c1-4-7-10-13-16-19-22-23-24-25-27-30-33-36-39-42-49(54)55-45(40-37-34-31-28-26-20-17-14-11-8-5-2)43-48(53)50-46(44-51)47(52)41-38-35-32-29-21-18-15-12-9-6-3/h7-8,10-11,13-14,16-17,19-20,22,26,28,31,34,37,45-47,51-52H,4-6,9,12,15,18,21,23-25,27,29-30,32-33,35-36,38-44H2,1-3H3,(H,50,53)/b10-7+,11-8+,16-13+,17-14+,22-19+,26-20-,31-28-,37-34+. The molecule has 0 aromatic carbocycles. The summed E-state index contributed by atoms with van der Waals surface area (Å²) in [6, 6.07) is -0.745. The van der Waals surface area contributed by atoms with E-state index in [1.165, 1.54) is 70.6 Å². The van der Waals surface area contributed by atoms with Gasteiger partial charge in [0.15, 0.2) is 0 Å². The van der Waals surface area contributed by atoms with E-state index in [1.807, 2.05) is 54.7 Å². The zero-order valence-corrected chi connectivity index (χ0v) is 35.3. The number of unbranched alkanes of at least 4 members (excludes halogenated alkanes) is 16. The Morgan fingerprint density at radius 2 is 1.02 bits per heavy atom. The van der Waals surface area contributed by atoms with E-state index in [-0.39, 0.29) is 24.9 Å². The molecule has 0 fully saturated rings. The number of ether oxygens (including phenoxy) is 1. The Labute approximate surface area is 337 Å². The number of carbonyl (C=O) groups is 2. The predicted octanol–water partition coefficient (Wildman–Crippen LogP) is 12.6. The second-order valence-electron chi connectivity index (χ2n) is 14.5. The largest absolute Gasteiger partial charge is 0.461 e. The van der Waals surface area contributed by atoms with Crippen molar-refractivity contribution in [3.63, 3.8) is 0 Å². The number of aliphatic hydroxyl groups excluding tert-OH is 2. The third kappa shape index (κ3) is 37.5. The van der Waals surface area contributed by atoms with Crippen molar-refractivity contribution in [1.29, 1.82) is 0 Å². The van der Waals surface area contributed by atoms with Crippen LogP contribution in [0.15, 0.2) is 97.2 Å². The van der Waals surface area contributed by atoms with Gasteiger partial charge in [0.25, 0.3) is 0 Å². The molecule has 0 saturated heterocycles. The van der Waals surface area contributed by atoms with Crippen LogP contribution in [0.25, 0.3) is 0 Å². The van der Waals surface area contributed by atoms with Crippen LogP contribution in [0.4, 0.5) is 0 Å². The molecule has 0 aromatic rings. The molecule has 1 amide bonds. The average molecular weight is 764 g/mol. The number of hydrogen-bond acceptors (Lipinski definition) is 5. The van der Waals surface area contributed by atoms with Crippen molar-refractivity contribution in [2.45, 2.75) is 193 Å². The van der Waals surface area contributed by atoms with E-state index < -0.39 is 18.2 Å². The van der Waals surface area contributed by atoms with Gasteiger partial charge in [-0.25, -0.2) is 0 Å². The number of rotatable bonds is 37. The highest BCUT2D eigenvalue weighted by Crippen LogP contribution is 2.15. The van der Waals surface area contributed by atoms with Crippen LogP contribution < -0.4 is 5.32 Å². The van der Waals surface area contributed by atoms with Gasteiger partial charge in [-0.15, -0.1) is 0 Å². The minimum absolute atomic E-state index is 0.0291. The summed E-state index contributed by atoms with van der Waals surface area (Å²) >= 11 is 0. The molecular formula is C49H81NO5. The first kappa shape index (κ1) is 51.8. The molecule has 0 bridgehead atoms. The van der Waals surface area contributed by atoms with Crippen molar-refractivity contribution in [3.05, 3.63) is 97.2 Å². The van der Waals surface area contributed by atoms with E-state index in [0.29, 0.717) is 19.3 Å². The molecule has 0 radical (unpaired) electrons. The van der Waals surface area contributed by atoms with Gasteiger partial charge in [-0.1, -0.05) is 214 Å². The van der Waals surface area contributed by atoms with E-state index in [4.69, 9.17) is 4.74 Å². The van der Waals surface area contributed by atoms with E-state index in [0.717, 1.165) is 57.8 Å². The Balaban J connectivity index is 4.76. The minimum Gasteiger partial charge on any atom is -0.461 e. The van der Waals surface area contributed by atoms with Crippen LogP contribution in [0, 0.1) is 0 Å². The summed E-state index contributed by atoms with van der Waals surface area (Å²) in [5.41, 5.74) is 0. The summed E-state index contributed by atoms with van der Waals surface area (Å²) in [6.45, 7) is 6.12. The molecule has 312 valence electrons. The third-order valence-corrected chi connectivity index (χ3v) is 9.35. The van der Waals surface area contributed by atoms with Crippen LogP contribution in [-0.2, 0) is 14.3 Å². The summed E-state index contributed by atoms with van der Waals surface area (Å²) < 4.78 is 5.80. The monoisotopic (exact) mass is 764 g/mol. The number of carbonyl (C=O) groups excluding carboxylic acids is 2. The van der Waals surface area contributed by atoms with Crippen molar-refractivity contribution in [1.82, 2.24) is 5.32 Å². The zero-order valence-electron chi connectivity index (χ0n) is 35.3. The molecule has 3 atom stereocenters. The first-order chi connectivity index (χ1) is 27.0. The van der Waals surface area contributed by atoms with Crippen LogP contribution >= 0.6 is 0 Å². The lowest BCUT2D eigenvalue weighted by molar-refractivity contribution is -0.150. The summed E-state index contributed by atoms with van der Waals surface area (Å²) in [5, 5.41) is 23.5. The predicted molar refractivity (Wildman–Crippen MR) is 236 cm³/mol. The zero-order chi connectivity index (χ0) is 40.3. The molecular weight excluding hydrogens is 683 g/mol. The fourth-order valence-corrected chi connectivity index (χ4v) is 6.04. The third-order valence-electron chi connectivity index (χ3n) is 9.35. The molecule has 6 heteroatoms. The quantitative estimate of drug-likeness (QED) is 0.0333. The Morgan fingerprint density at radius 1 is 0.564 bits per heavy atom. The Bertz CT molecular complexity index is 1130. The van der Waals surface area contributed by atoms with Crippen molar-refractivity contribution in [3.8, 4) is 0 Å². The molecule has 0 saturated carbocycles. The van der Waals surface area contributed by atoms with Gasteiger partial charge >= 0.3 is 5.97 Å². The second-order valence-corrected chi connectivity index (χ2v) is 14.5. The van der Waals surface area contributed by atoms with Crippen molar-refractivity contribution in [2.24, 2.45) is 0 Å². The SMILES string of the molecule is CC/C=C/C=C/C=C\C=C/C=C/CC(CC(=O)NC(CO)C(O)CCCCCCCCCCCC)OC(=O)CCCCCCCCC/C=C/C=C/C=C/CC. The molecule has 0 aliphatic rings. The first-order valence-electron chi connectivity index (χ1n) is 22.1.